The molecule has 0 atom stereocenters. The van der Waals surface area contributed by atoms with Crippen molar-refractivity contribution in [1.29, 1.82) is 0 Å². The number of nitrogens with zero attached hydrogens (tertiary/aromatic N) is 1. The SMILES string of the molecule is O=[N+]([O-])c1cccc2c1OC(F)(F)O2. The highest BCUT2D eigenvalue weighted by atomic mass is 19.3. The summed E-state index contributed by atoms with van der Waals surface area (Å²) in [4.78, 5) is 9.58. The molecule has 0 aromatic heterocycles. The van der Waals surface area contributed by atoms with Crippen molar-refractivity contribution >= 4 is 5.69 Å². The van der Waals surface area contributed by atoms with Gasteiger partial charge in [-0.15, -0.1) is 8.78 Å². The van der Waals surface area contributed by atoms with Crippen LogP contribution in [0.4, 0.5) is 14.5 Å². The van der Waals surface area contributed by atoms with Gasteiger partial charge >= 0.3 is 12.0 Å². The fraction of sp³-hybridized carbons (Fsp3) is 0.143. The zero-order valence-corrected chi connectivity index (χ0v) is 6.57. The second-order valence-electron chi connectivity index (χ2n) is 2.53. The Morgan fingerprint density at radius 3 is 2.71 bits per heavy atom. The molecule has 0 amide bonds. The van der Waals surface area contributed by atoms with Crippen LogP contribution in [0.5, 0.6) is 11.5 Å². The van der Waals surface area contributed by atoms with E-state index in [0.717, 1.165) is 6.07 Å². The molecule has 0 aliphatic carbocycles. The molecule has 0 N–H and O–H groups in total. The van der Waals surface area contributed by atoms with E-state index in [-0.39, 0.29) is 5.75 Å². The maximum absolute atomic E-state index is 12.5. The normalized spacial score (nSPS) is 16.7. The largest absolute Gasteiger partial charge is 0.586 e. The first-order chi connectivity index (χ1) is 6.49. The minimum atomic E-state index is -3.82. The summed E-state index contributed by atoms with van der Waals surface area (Å²) >= 11 is 0. The van der Waals surface area contributed by atoms with Gasteiger partial charge in [-0.2, -0.15) is 0 Å². The van der Waals surface area contributed by atoms with Crippen LogP contribution in [-0.4, -0.2) is 11.2 Å². The summed E-state index contributed by atoms with van der Waals surface area (Å²) in [7, 11) is 0. The predicted molar refractivity (Wildman–Crippen MR) is 39.3 cm³/mol. The average molecular weight is 203 g/mol. The van der Waals surface area contributed by atoms with Gasteiger partial charge in [-0.3, -0.25) is 10.1 Å². The van der Waals surface area contributed by atoms with Crippen LogP contribution in [0.25, 0.3) is 0 Å². The molecule has 0 bridgehead atoms. The molecule has 1 aromatic carbocycles. The van der Waals surface area contributed by atoms with Gasteiger partial charge in [-0.1, -0.05) is 6.07 Å². The molecule has 7 heteroatoms. The van der Waals surface area contributed by atoms with Crippen molar-refractivity contribution in [2.75, 3.05) is 0 Å². The van der Waals surface area contributed by atoms with Crippen LogP contribution in [0, 0.1) is 10.1 Å². The zero-order valence-electron chi connectivity index (χ0n) is 6.57. The van der Waals surface area contributed by atoms with Crippen molar-refractivity contribution in [2.24, 2.45) is 0 Å². The number of benzene rings is 1. The number of alkyl halides is 2. The highest BCUT2D eigenvalue weighted by molar-refractivity contribution is 5.57. The Morgan fingerprint density at radius 1 is 1.36 bits per heavy atom. The number of rotatable bonds is 1. The van der Waals surface area contributed by atoms with Crippen molar-refractivity contribution in [3.63, 3.8) is 0 Å². The second kappa shape index (κ2) is 2.53. The highest BCUT2D eigenvalue weighted by Crippen LogP contribution is 2.46. The number of hydrogen-bond donors (Lipinski definition) is 0. The van der Waals surface area contributed by atoms with Crippen LogP contribution in [0.1, 0.15) is 0 Å². The molecule has 0 fully saturated rings. The zero-order chi connectivity index (χ0) is 10.3. The van der Waals surface area contributed by atoms with Crippen molar-refractivity contribution in [2.45, 2.75) is 6.29 Å². The first-order valence-electron chi connectivity index (χ1n) is 3.53. The van der Waals surface area contributed by atoms with Gasteiger partial charge in [0.2, 0.25) is 5.75 Å². The highest BCUT2D eigenvalue weighted by Gasteiger charge is 2.46. The van der Waals surface area contributed by atoms with Crippen molar-refractivity contribution in [3.05, 3.63) is 28.3 Å². The monoisotopic (exact) mass is 203 g/mol. The van der Waals surface area contributed by atoms with E-state index in [4.69, 9.17) is 0 Å². The molecule has 1 heterocycles. The maximum atomic E-state index is 12.5. The molecule has 0 radical (unpaired) electrons. The van der Waals surface area contributed by atoms with Crippen LogP contribution in [0.2, 0.25) is 0 Å². The molecule has 2 rings (SSSR count). The summed E-state index contributed by atoms with van der Waals surface area (Å²) in [6.07, 6.45) is -3.82. The summed E-state index contributed by atoms with van der Waals surface area (Å²) in [6.45, 7) is 0. The van der Waals surface area contributed by atoms with E-state index >= 15 is 0 Å². The molecule has 0 spiro atoms. The van der Waals surface area contributed by atoms with E-state index in [1.54, 1.807) is 0 Å². The lowest BCUT2D eigenvalue weighted by atomic mass is 10.3. The maximum Gasteiger partial charge on any atom is 0.586 e. The van der Waals surface area contributed by atoms with Gasteiger partial charge in [0.15, 0.2) is 5.75 Å². The van der Waals surface area contributed by atoms with Gasteiger partial charge in [0.1, 0.15) is 0 Å². The van der Waals surface area contributed by atoms with Crippen molar-refractivity contribution < 1.29 is 23.2 Å². The van der Waals surface area contributed by atoms with Crippen LogP contribution in [0.15, 0.2) is 18.2 Å². The molecule has 14 heavy (non-hydrogen) atoms. The Morgan fingerprint density at radius 2 is 2.07 bits per heavy atom. The van der Waals surface area contributed by atoms with E-state index in [0.29, 0.717) is 0 Å². The number of nitro benzene ring substituents is 1. The summed E-state index contributed by atoms with van der Waals surface area (Å²) in [5, 5.41) is 10.4. The Labute approximate surface area is 76.0 Å². The third kappa shape index (κ3) is 1.22. The molecule has 0 unspecified atom stereocenters. The van der Waals surface area contributed by atoms with E-state index in [2.05, 4.69) is 9.47 Å². The summed E-state index contributed by atoms with van der Waals surface area (Å²) in [5.74, 6) is -0.869. The lowest BCUT2D eigenvalue weighted by Gasteiger charge is -2.04. The van der Waals surface area contributed by atoms with Gasteiger partial charge in [-0.05, 0) is 6.07 Å². The van der Waals surface area contributed by atoms with E-state index in [1.807, 2.05) is 0 Å². The Balaban J connectivity index is 2.52. The number of hydrogen-bond acceptors (Lipinski definition) is 4. The van der Waals surface area contributed by atoms with Crippen LogP contribution >= 0.6 is 0 Å². The summed E-state index contributed by atoms with van der Waals surface area (Å²) < 4.78 is 33.0. The minimum Gasteiger partial charge on any atom is -0.395 e. The number of para-hydroxylation sites is 1. The Bertz CT molecular complexity index is 407. The summed E-state index contributed by atoms with van der Waals surface area (Å²) in [6, 6.07) is 3.47. The predicted octanol–water partition coefficient (Wildman–Crippen LogP) is 1.92. The standard InChI is InChI=1S/C7H3F2NO4/c8-7(9)13-5-3-1-2-4(10(11)12)6(5)14-7/h1-3H. The Kier molecular flexibility index (Phi) is 1.57. The molecule has 0 saturated carbocycles. The van der Waals surface area contributed by atoms with Gasteiger partial charge < -0.3 is 9.47 Å². The molecular formula is C7H3F2NO4. The fourth-order valence-corrected chi connectivity index (χ4v) is 1.10. The molecule has 0 saturated heterocycles. The molecule has 74 valence electrons. The third-order valence-electron chi connectivity index (χ3n) is 1.60. The quantitative estimate of drug-likeness (QED) is 0.516. The van der Waals surface area contributed by atoms with Crippen molar-refractivity contribution in [1.82, 2.24) is 0 Å². The van der Waals surface area contributed by atoms with Gasteiger partial charge in [-0.25, -0.2) is 0 Å². The lowest BCUT2D eigenvalue weighted by molar-refractivity contribution is -0.387. The minimum absolute atomic E-state index is 0.329. The first kappa shape index (κ1) is 8.67. The van der Waals surface area contributed by atoms with E-state index in [1.165, 1.54) is 12.1 Å². The first-order valence-corrected chi connectivity index (χ1v) is 3.53. The molecule has 1 aliphatic rings. The van der Waals surface area contributed by atoms with E-state index in [9.17, 15) is 18.9 Å². The summed E-state index contributed by atoms with van der Waals surface area (Å²) in [5.41, 5.74) is -0.542. The fourth-order valence-electron chi connectivity index (χ4n) is 1.10. The number of nitro groups is 1. The number of halogens is 2. The molecule has 1 aliphatic heterocycles. The number of fused-ring (bicyclic) bond motifs is 1. The molecule has 5 nitrogen and oxygen atoms in total. The van der Waals surface area contributed by atoms with Crippen LogP contribution in [0.3, 0.4) is 0 Å². The van der Waals surface area contributed by atoms with Gasteiger partial charge in [0.25, 0.3) is 0 Å². The van der Waals surface area contributed by atoms with Crippen molar-refractivity contribution in [3.8, 4) is 11.5 Å². The topological polar surface area (TPSA) is 61.6 Å². The third-order valence-corrected chi connectivity index (χ3v) is 1.60. The lowest BCUT2D eigenvalue weighted by Crippen LogP contribution is -2.26. The second-order valence-corrected chi connectivity index (χ2v) is 2.53. The Hall–Kier alpha value is -1.92. The smallest absolute Gasteiger partial charge is 0.395 e. The number of ether oxygens (including phenoxy) is 2. The van der Waals surface area contributed by atoms with E-state index < -0.39 is 22.7 Å². The van der Waals surface area contributed by atoms with Crippen LogP contribution < -0.4 is 9.47 Å². The van der Waals surface area contributed by atoms with Gasteiger partial charge in [0.05, 0.1) is 4.92 Å². The molecule has 1 aromatic rings. The van der Waals surface area contributed by atoms with Gasteiger partial charge in [0, 0.05) is 6.07 Å². The average Bonchev–Trinajstić information content (AvgIpc) is 2.36. The molecular weight excluding hydrogens is 200 g/mol. The van der Waals surface area contributed by atoms with Crippen LogP contribution in [-0.2, 0) is 0 Å².